The largest absolute Gasteiger partial charge is 0.340 e. The molecule has 1 fully saturated rings. The van der Waals surface area contributed by atoms with Crippen LogP contribution < -0.4 is 5.32 Å². The van der Waals surface area contributed by atoms with Gasteiger partial charge in [-0.05, 0) is 24.1 Å². The Morgan fingerprint density at radius 2 is 2.18 bits per heavy atom. The van der Waals surface area contributed by atoms with Crippen molar-refractivity contribution < 1.29 is 9.18 Å². The Kier molecular flexibility index (Phi) is 4.85. The van der Waals surface area contributed by atoms with E-state index in [0.717, 1.165) is 51.3 Å². The van der Waals surface area contributed by atoms with Crippen molar-refractivity contribution in [3.8, 4) is 0 Å². The Hall–Kier alpha value is -1.72. The Morgan fingerprint density at radius 1 is 1.27 bits per heavy atom. The first-order chi connectivity index (χ1) is 10.7. The zero-order chi connectivity index (χ0) is 15.4. The molecule has 1 N–H and O–H groups in total. The van der Waals surface area contributed by atoms with Crippen molar-refractivity contribution in [1.29, 1.82) is 0 Å². The molecule has 0 aliphatic carbocycles. The van der Waals surface area contributed by atoms with Crippen LogP contribution >= 0.6 is 0 Å². The van der Waals surface area contributed by atoms with E-state index in [1.807, 2.05) is 23.1 Å². The van der Waals surface area contributed by atoms with Gasteiger partial charge >= 0.3 is 0 Å². The first-order valence-corrected chi connectivity index (χ1v) is 7.88. The number of nitrogens with zero attached hydrogens (tertiary/aromatic N) is 2. The molecule has 2 aliphatic heterocycles. The van der Waals surface area contributed by atoms with E-state index in [1.165, 1.54) is 6.07 Å². The lowest BCUT2D eigenvalue weighted by molar-refractivity contribution is -0.131. The van der Waals surface area contributed by atoms with Crippen LogP contribution in [0.4, 0.5) is 4.39 Å². The van der Waals surface area contributed by atoms with Crippen LogP contribution in [0.15, 0.2) is 36.4 Å². The molecule has 1 amide bonds. The predicted octanol–water partition coefficient (Wildman–Crippen LogP) is 1.39. The fraction of sp³-hybridized carbons (Fsp3) is 0.471. The molecule has 2 aliphatic rings. The van der Waals surface area contributed by atoms with Crippen molar-refractivity contribution in [2.45, 2.75) is 19.0 Å². The van der Waals surface area contributed by atoms with E-state index < -0.39 is 0 Å². The summed E-state index contributed by atoms with van der Waals surface area (Å²) in [6.45, 7) is 4.81. The molecule has 5 heteroatoms. The maximum absolute atomic E-state index is 13.3. The highest BCUT2D eigenvalue weighted by atomic mass is 19.1. The zero-order valence-electron chi connectivity index (χ0n) is 12.7. The van der Waals surface area contributed by atoms with Gasteiger partial charge in [-0.1, -0.05) is 24.3 Å². The van der Waals surface area contributed by atoms with Crippen LogP contribution in [0, 0.1) is 5.82 Å². The van der Waals surface area contributed by atoms with Crippen molar-refractivity contribution in [3.05, 3.63) is 47.8 Å². The summed E-state index contributed by atoms with van der Waals surface area (Å²) in [5.74, 6) is -0.0235. The van der Waals surface area contributed by atoms with Crippen LogP contribution in [0.5, 0.6) is 0 Å². The van der Waals surface area contributed by atoms with Gasteiger partial charge in [0.1, 0.15) is 11.9 Å². The molecule has 0 aromatic heterocycles. The molecule has 118 valence electrons. The van der Waals surface area contributed by atoms with E-state index in [0.29, 0.717) is 0 Å². The van der Waals surface area contributed by atoms with Crippen molar-refractivity contribution in [1.82, 2.24) is 15.1 Å². The van der Waals surface area contributed by atoms with Gasteiger partial charge in [0.15, 0.2) is 0 Å². The highest BCUT2D eigenvalue weighted by Crippen LogP contribution is 2.12. The SMILES string of the molecule is O=C(C1C=CCN1)N1CCCN(Cc2cccc(F)c2)CC1. The first kappa shape index (κ1) is 15.2. The number of carbonyl (C=O) groups excluding carboxylic acids is 1. The summed E-state index contributed by atoms with van der Waals surface area (Å²) in [5, 5.41) is 3.17. The lowest BCUT2D eigenvalue weighted by Gasteiger charge is -2.24. The van der Waals surface area contributed by atoms with Gasteiger partial charge in [0, 0.05) is 39.3 Å². The molecular weight excluding hydrogens is 281 g/mol. The summed E-state index contributed by atoms with van der Waals surface area (Å²) in [5.41, 5.74) is 0.986. The minimum absolute atomic E-state index is 0.158. The normalized spacial score (nSPS) is 22.8. The molecule has 1 unspecified atom stereocenters. The molecule has 2 heterocycles. The van der Waals surface area contributed by atoms with Gasteiger partial charge in [0.05, 0.1) is 0 Å². The maximum atomic E-state index is 13.3. The number of amides is 1. The highest BCUT2D eigenvalue weighted by molar-refractivity contribution is 5.84. The van der Waals surface area contributed by atoms with Gasteiger partial charge < -0.3 is 4.90 Å². The monoisotopic (exact) mass is 303 g/mol. The van der Waals surface area contributed by atoms with Crippen molar-refractivity contribution >= 4 is 5.91 Å². The quantitative estimate of drug-likeness (QED) is 0.857. The average Bonchev–Trinajstić information content (AvgIpc) is 2.94. The maximum Gasteiger partial charge on any atom is 0.243 e. The minimum atomic E-state index is -0.191. The topological polar surface area (TPSA) is 35.6 Å². The Morgan fingerprint density at radius 3 is 2.95 bits per heavy atom. The number of rotatable bonds is 3. The number of nitrogens with one attached hydrogen (secondary N) is 1. The standard InChI is InChI=1S/C17H22FN3O/c18-15-5-1-4-14(12-15)13-20-8-3-9-21(11-10-20)17(22)16-6-2-7-19-16/h1-2,4-6,12,16,19H,3,7-11,13H2. The van der Waals surface area contributed by atoms with Crippen LogP contribution in [0.25, 0.3) is 0 Å². The van der Waals surface area contributed by atoms with Gasteiger partial charge in [-0.2, -0.15) is 0 Å². The fourth-order valence-electron chi connectivity index (χ4n) is 3.08. The van der Waals surface area contributed by atoms with E-state index in [-0.39, 0.29) is 17.8 Å². The Bertz CT molecular complexity index is 561. The predicted molar refractivity (Wildman–Crippen MR) is 83.8 cm³/mol. The van der Waals surface area contributed by atoms with Crippen LogP contribution in [0.1, 0.15) is 12.0 Å². The van der Waals surface area contributed by atoms with E-state index in [2.05, 4.69) is 10.2 Å². The second kappa shape index (κ2) is 7.03. The van der Waals surface area contributed by atoms with E-state index in [9.17, 15) is 9.18 Å². The van der Waals surface area contributed by atoms with Gasteiger partial charge in [-0.3, -0.25) is 15.0 Å². The molecule has 22 heavy (non-hydrogen) atoms. The number of benzene rings is 1. The minimum Gasteiger partial charge on any atom is -0.340 e. The van der Waals surface area contributed by atoms with Crippen molar-refractivity contribution in [2.75, 3.05) is 32.7 Å². The molecule has 1 aromatic carbocycles. The van der Waals surface area contributed by atoms with Crippen molar-refractivity contribution in [3.63, 3.8) is 0 Å². The molecule has 0 radical (unpaired) electrons. The fourth-order valence-corrected chi connectivity index (χ4v) is 3.08. The van der Waals surface area contributed by atoms with Crippen LogP contribution in [-0.2, 0) is 11.3 Å². The molecule has 0 saturated carbocycles. The summed E-state index contributed by atoms with van der Waals surface area (Å²) in [4.78, 5) is 16.6. The Balaban J connectivity index is 1.55. The molecule has 4 nitrogen and oxygen atoms in total. The third-order valence-corrected chi connectivity index (χ3v) is 4.25. The molecule has 3 rings (SSSR count). The van der Waals surface area contributed by atoms with Crippen LogP contribution in [0.2, 0.25) is 0 Å². The highest BCUT2D eigenvalue weighted by Gasteiger charge is 2.25. The number of hydrogen-bond acceptors (Lipinski definition) is 3. The first-order valence-electron chi connectivity index (χ1n) is 7.88. The second-order valence-electron chi connectivity index (χ2n) is 5.90. The molecule has 0 bridgehead atoms. The zero-order valence-corrected chi connectivity index (χ0v) is 12.7. The van der Waals surface area contributed by atoms with E-state index in [1.54, 1.807) is 12.1 Å². The van der Waals surface area contributed by atoms with E-state index in [4.69, 9.17) is 0 Å². The summed E-state index contributed by atoms with van der Waals surface area (Å²) >= 11 is 0. The van der Waals surface area contributed by atoms with Gasteiger partial charge in [-0.15, -0.1) is 0 Å². The van der Waals surface area contributed by atoms with E-state index >= 15 is 0 Å². The molecule has 1 atom stereocenters. The molecule has 1 aromatic rings. The molecular formula is C17H22FN3O. The Labute approximate surface area is 130 Å². The summed E-state index contributed by atoms with van der Waals surface area (Å²) < 4.78 is 13.3. The van der Waals surface area contributed by atoms with Gasteiger partial charge in [0.2, 0.25) is 5.91 Å². The number of carbonyl (C=O) groups is 1. The van der Waals surface area contributed by atoms with Gasteiger partial charge in [-0.25, -0.2) is 4.39 Å². The lowest BCUT2D eigenvalue weighted by atomic mass is 10.2. The molecule has 0 spiro atoms. The summed E-state index contributed by atoms with van der Waals surface area (Å²) in [6, 6.07) is 6.59. The van der Waals surface area contributed by atoms with Gasteiger partial charge in [0.25, 0.3) is 0 Å². The lowest BCUT2D eigenvalue weighted by Crippen LogP contribution is -2.45. The third-order valence-electron chi connectivity index (χ3n) is 4.25. The smallest absolute Gasteiger partial charge is 0.243 e. The molecule has 1 saturated heterocycles. The third kappa shape index (κ3) is 3.72. The number of halogens is 1. The number of hydrogen-bond donors (Lipinski definition) is 1. The van der Waals surface area contributed by atoms with Crippen molar-refractivity contribution in [2.24, 2.45) is 0 Å². The van der Waals surface area contributed by atoms with Crippen LogP contribution in [-0.4, -0.2) is 54.5 Å². The second-order valence-corrected chi connectivity index (χ2v) is 5.90. The summed E-state index contributed by atoms with van der Waals surface area (Å²) in [7, 11) is 0. The average molecular weight is 303 g/mol. The summed E-state index contributed by atoms with van der Waals surface area (Å²) in [6.07, 6.45) is 4.89. The van der Waals surface area contributed by atoms with Crippen LogP contribution in [0.3, 0.4) is 0 Å².